The van der Waals surface area contributed by atoms with Gasteiger partial charge in [-0.05, 0) is 32.7 Å². The summed E-state index contributed by atoms with van der Waals surface area (Å²) >= 11 is 5.76. The number of halogens is 1. The van der Waals surface area contributed by atoms with Crippen molar-refractivity contribution < 1.29 is 9.53 Å². The van der Waals surface area contributed by atoms with Gasteiger partial charge in [0.05, 0.1) is 6.10 Å². The predicted octanol–water partition coefficient (Wildman–Crippen LogP) is 1.33. The van der Waals surface area contributed by atoms with E-state index in [1.54, 1.807) is 0 Å². The lowest BCUT2D eigenvalue weighted by atomic mass is 10.2. The van der Waals surface area contributed by atoms with Crippen LogP contribution in [0, 0.1) is 0 Å². The Morgan fingerprint density at radius 1 is 1.28 bits per heavy atom. The van der Waals surface area contributed by atoms with Gasteiger partial charge in [-0.15, -0.1) is 11.6 Å². The van der Waals surface area contributed by atoms with E-state index in [1.165, 1.54) is 0 Å². The molecule has 2 saturated heterocycles. The van der Waals surface area contributed by atoms with Gasteiger partial charge in [0.1, 0.15) is 6.10 Å². The number of alkyl halides is 1. The summed E-state index contributed by atoms with van der Waals surface area (Å²) in [7, 11) is 0. The molecular formula is C13H23ClN2O2. The molecule has 5 heteroatoms. The minimum Gasteiger partial charge on any atom is -0.365 e. The van der Waals surface area contributed by atoms with Gasteiger partial charge in [0.15, 0.2) is 0 Å². The molecule has 2 aliphatic heterocycles. The zero-order chi connectivity index (χ0) is 13.0. The average molecular weight is 275 g/mol. The van der Waals surface area contributed by atoms with Crippen molar-refractivity contribution in [3.8, 4) is 0 Å². The van der Waals surface area contributed by atoms with Gasteiger partial charge in [0.25, 0.3) is 5.91 Å². The Labute approximate surface area is 114 Å². The lowest BCUT2D eigenvalue weighted by molar-refractivity contribution is -0.142. The summed E-state index contributed by atoms with van der Waals surface area (Å²) in [5, 5.41) is 0. The third-order valence-electron chi connectivity index (χ3n) is 3.81. The third-order valence-corrected chi connectivity index (χ3v) is 3.98. The van der Waals surface area contributed by atoms with Gasteiger partial charge < -0.3 is 14.5 Å². The molecule has 0 spiro atoms. The Bertz CT molecular complexity index is 288. The molecule has 2 fully saturated rings. The van der Waals surface area contributed by atoms with Crippen molar-refractivity contribution in [1.29, 1.82) is 0 Å². The molecule has 0 aromatic rings. The maximum atomic E-state index is 12.3. The van der Waals surface area contributed by atoms with E-state index in [2.05, 4.69) is 4.90 Å². The molecule has 0 saturated carbocycles. The highest BCUT2D eigenvalue weighted by atomic mass is 35.5. The second kappa shape index (κ2) is 6.73. The third kappa shape index (κ3) is 3.59. The number of hydrogen-bond acceptors (Lipinski definition) is 3. The Hall–Kier alpha value is -0.320. The highest BCUT2D eigenvalue weighted by molar-refractivity contribution is 6.18. The van der Waals surface area contributed by atoms with E-state index in [0.29, 0.717) is 5.88 Å². The molecule has 2 unspecified atom stereocenters. The molecule has 2 heterocycles. The summed E-state index contributed by atoms with van der Waals surface area (Å²) in [6.45, 7) is 6.59. The first-order valence-electron chi connectivity index (χ1n) is 6.93. The molecule has 0 radical (unpaired) electrons. The summed E-state index contributed by atoms with van der Waals surface area (Å²) in [5.74, 6) is 0.851. The topological polar surface area (TPSA) is 32.8 Å². The van der Waals surface area contributed by atoms with Crippen LogP contribution in [0.4, 0.5) is 0 Å². The van der Waals surface area contributed by atoms with Gasteiger partial charge in [0, 0.05) is 32.1 Å². The fourth-order valence-corrected chi connectivity index (χ4v) is 2.96. The Morgan fingerprint density at radius 2 is 2.11 bits per heavy atom. The Balaban J connectivity index is 1.83. The highest BCUT2D eigenvalue weighted by Gasteiger charge is 2.32. The van der Waals surface area contributed by atoms with Crippen molar-refractivity contribution in [2.45, 2.75) is 38.4 Å². The summed E-state index contributed by atoms with van der Waals surface area (Å²) in [6.07, 6.45) is 2.95. The molecule has 2 atom stereocenters. The molecule has 1 amide bonds. The molecular weight excluding hydrogens is 252 g/mol. The van der Waals surface area contributed by atoms with E-state index in [0.717, 1.165) is 52.0 Å². The predicted molar refractivity (Wildman–Crippen MR) is 71.9 cm³/mol. The second-order valence-corrected chi connectivity index (χ2v) is 5.60. The minimum absolute atomic E-state index is 0.187. The van der Waals surface area contributed by atoms with Crippen molar-refractivity contribution in [1.82, 2.24) is 9.80 Å². The molecule has 0 aromatic carbocycles. The van der Waals surface area contributed by atoms with Crippen LogP contribution in [0.3, 0.4) is 0 Å². The van der Waals surface area contributed by atoms with Gasteiger partial charge in [-0.3, -0.25) is 4.79 Å². The lowest BCUT2D eigenvalue weighted by Gasteiger charge is -2.24. The average Bonchev–Trinajstić information content (AvgIpc) is 2.65. The molecule has 104 valence electrons. The fourth-order valence-electron chi connectivity index (χ4n) is 2.72. The van der Waals surface area contributed by atoms with Gasteiger partial charge in [0.2, 0.25) is 0 Å². The van der Waals surface area contributed by atoms with Crippen molar-refractivity contribution in [3.05, 3.63) is 0 Å². The minimum atomic E-state index is -0.195. The number of ether oxygens (including phenoxy) is 1. The molecule has 0 N–H and O–H groups in total. The largest absolute Gasteiger partial charge is 0.365 e. The normalized spacial score (nSPS) is 30.4. The van der Waals surface area contributed by atoms with Gasteiger partial charge in [-0.1, -0.05) is 0 Å². The zero-order valence-electron chi connectivity index (χ0n) is 11.1. The van der Waals surface area contributed by atoms with Crippen LogP contribution in [0.15, 0.2) is 0 Å². The van der Waals surface area contributed by atoms with E-state index in [4.69, 9.17) is 16.3 Å². The van der Waals surface area contributed by atoms with Gasteiger partial charge in [-0.25, -0.2) is 0 Å². The lowest BCUT2D eigenvalue weighted by Crippen LogP contribution is -2.41. The molecule has 0 bridgehead atoms. The summed E-state index contributed by atoms with van der Waals surface area (Å²) in [6, 6.07) is 0. The van der Waals surface area contributed by atoms with Crippen LogP contribution < -0.4 is 0 Å². The quantitative estimate of drug-likeness (QED) is 0.728. The fraction of sp³-hybridized carbons (Fsp3) is 0.923. The van der Waals surface area contributed by atoms with Crippen molar-refractivity contribution in [2.24, 2.45) is 0 Å². The second-order valence-electron chi connectivity index (χ2n) is 5.22. The highest BCUT2D eigenvalue weighted by Crippen LogP contribution is 2.21. The van der Waals surface area contributed by atoms with Crippen LogP contribution in [0.1, 0.15) is 26.2 Å². The van der Waals surface area contributed by atoms with Crippen LogP contribution in [-0.2, 0) is 9.53 Å². The van der Waals surface area contributed by atoms with Crippen molar-refractivity contribution in [2.75, 3.05) is 38.6 Å². The molecule has 2 rings (SSSR count). The zero-order valence-corrected chi connectivity index (χ0v) is 11.9. The van der Waals surface area contributed by atoms with Gasteiger partial charge in [-0.2, -0.15) is 0 Å². The number of hydrogen-bond donors (Lipinski definition) is 0. The number of amides is 1. The Morgan fingerprint density at radius 3 is 2.78 bits per heavy atom. The number of nitrogens with zero attached hydrogens (tertiary/aromatic N) is 2. The molecule has 2 aliphatic rings. The molecule has 4 nitrogen and oxygen atoms in total. The summed E-state index contributed by atoms with van der Waals surface area (Å²) in [5.41, 5.74) is 0. The standard InChI is InChI=1S/C13H23ClN2O2/c1-11-3-4-12(18-11)13(17)16-7-2-6-15(8-5-14)9-10-16/h11-12H,2-10H2,1H3. The van der Waals surface area contributed by atoms with E-state index in [9.17, 15) is 4.79 Å². The molecule has 0 aliphatic carbocycles. The monoisotopic (exact) mass is 274 g/mol. The summed E-state index contributed by atoms with van der Waals surface area (Å²) < 4.78 is 5.67. The maximum absolute atomic E-state index is 12.3. The Kier molecular flexibility index (Phi) is 5.27. The maximum Gasteiger partial charge on any atom is 0.251 e. The van der Waals surface area contributed by atoms with Gasteiger partial charge >= 0.3 is 0 Å². The first-order chi connectivity index (χ1) is 8.70. The van der Waals surface area contributed by atoms with E-state index >= 15 is 0 Å². The van der Waals surface area contributed by atoms with Crippen LogP contribution in [0.2, 0.25) is 0 Å². The van der Waals surface area contributed by atoms with E-state index in [-0.39, 0.29) is 18.1 Å². The number of carbonyl (C=O) groups is 1. The SMILES string of the molecule is CC1CCC(C(=O)N2CCCN(CCCl)CC2)O1. The van der Waals surface area contributed by atoms with E-state index < -0.39 is 0 Å². The molecule has 0 aromatic heterocycles. The van der Waals surface area contributed by atoms with Crippen LogP contribution in [-0.4, -0.2) is 66.5 Å². The smallest absolute Gasteiger partial charge is 0.251 e. The molecule has 18 heavy (non-hydrogen) atoms. The van der Waals surface area contributed by atoms with Crippen molar-refractivity contribution in [3.63, 3.8) is 0 Å². The first-order valence-corrected chi connectivity index (χ1v) is 7.46. The number of carbonyl (C=O) groups excluding carboxylic acids is 1. The van der Waals surface area contributed by atoms with Crippen LogP contribution in [0.25, 0.3) is 0 Å². The van der Waals surface area contributed by atoms with E-state index in [1.807, 2.05) is 11.8 Å². The van der Waals surface area contributed by atoms with Crippen LogP contribution >= 0.6 is 11.6 Å². The first kappa shape index (κ1) is 14.1. The van der Waals surface area contributed by atoms with Crippen molar-refractivity contribution >= 4 is 17.5 Å². The van der Waals surface area contributed by atoms with Crippen LogP contribution in [0.5, 0.6) is 0 Å². The summed E-state index contributed by atoms with van der Waals surface area (Å²) in [4.78, 5) is 16.6. The number of rotatable bonds is 3.